The van der Waals surface area contributed by atoms with Crippen LogP contribution in [0, 0.1) is 6.92 Å². The molecule has 0 radical (unpaired) electrons. The first-order valence-corrected chi connectivity index (χ1v) is 13.2. The van der Waals surface area contributed by atoms with Gasteiger partial charge in [0.15, 0.2) is 23.0 Å². The lowest BCUT2D eigenvalue weighted by atomic mass is 9.94. The van der Waals surface area contributed by atoms with Crippen LogP contribution in [0.3, 0.4) is 0 Å². The van der Waals surface area contributed by atoms with Crippen LogP contribution in [0.1, 0.15) is 66.6 Å². The minimum absolute atomic E-state index is 0.00326. The molecular formula is C31H35NO6. The summed E-state index contributed by atoms with van der Waals surface area (Å²) in [6.07, 6.45) is 3.67. The molecule has 7 nitrogen and oxygen atoms in total. The maximum Gasteiger partial charge on any atom is 0.290 e. The number of carbonyl (C=O) groups is 2. The number of ketones is 1. The normalized spacial score (nSPS) is 15.3. The van der Waals surface area contributed by atoms with Crippen LogP contribution in [0.4, 0.5) is 0 Å². The van der Waals surface area contributed by atoms with Crippen molar-refractivity contribution in [3.63, 3.8) is 0 Å². The number of aryl methyl sites for hydroxylation is 1. The Bertz CT molecular complexity index is 1290. The minimum Gasteiger partial charge on any atom is -0.503 e. The fourth-order valence-electron chi connectivity index (χ4n) is 4.66. The first-order valence-electron chi connectivity index (χ1n) is 13.2. The number of unbranched alkanes of at least 4 members (excludes halogenated alkanes) is 2. The third-order valence-electron chi connectivity index (χ3n) is 6.59. The van der Waals surface area contributed by atoms with Gasteiger partial charge in [0.05, 0.1) is 24.8 Å². The van der Waals surface area contributed by atoms with Crippen molar-refractivity contribution < 1.29 is 28.6 Å². The van der Waals surface area contributed by atoms with E-state index in [1.54, 1.807) is 31.2 Å². The van der Waals surface area contributed by atoms with Gasteiger partial charge in [-0.3, -0.25) is 9.59 Å². The molecule has 7 heteroatoms. The zero-order valence-electron chi connectivity index (χ0n) is 22.2. The number of amides is 1. The zero-order valence-corrected chi connectivity index (χ0v) is 22.2. The minimum atomic E-state index is -0.808. The summed E-state index contributed by atoms with van der Waals surface area (Å²) in [7, 11) is 0. The largest absolute Gasteiger partial charge is 0.503 e. The molecule has 0 saturated heterocycles. The van der Waals surface area contributed by atoms with Gasteiger partial charge in [0.1, 0.15) is 5.76 Å². The molecule has 1 unspecified atom stereocenters. The lowest BCUT2D eigenvalue weighted by Crippen LogP contribution is -2.33. The van der Waals surface area contributed by atoms with Gasteiger partial charge in [0.2, 0.25) is 5.78 Å². The van der Waals surface area contributed by atoms with Gasteiger partial charge < -0.3 is 23.9 Å². The third-order valence-corrected chi connectivity index (χ3v) is 6.59. The van der Waals surface area contributed by atoms with Crippen LogP contribution in [0.2, 0.25) is 0 Å². The summed E-state index contributed by atoms with van der Waals surface area (Å²) in [6, 6.07) is 17.6. The maximum absolute atomic E-state index is 13.6. The van der Waals surface area contributed by atoms with Crippen LogP contribution >= 0.6 is 0 Å². The van der Waals surface area contributed by atoms with Crippen molar-refractivity contribution in [1.29, 1.82) is 0 Å². The van der Waals surface area contributed by atoms with Crippen LogP contribution in [0.15, 0.2) is 76.4 Å². The fraction of sp³-hybridized carbons (Fsp3) is 0.355. The molecule has 1 aliphatic heterocycles. The average Bonchev–Trinajstić information content (AvgIpc) is 3.47. The number of ether oxygens (including phenoxy) is 2. The molecule has 1 aromatic heterocycles. The number of carbonyl (C=O) groups excluding carboxylic acids is 2. The molecule has 2 heterocycles. The molecule has 1 aliphatic rings. The quantitative estimate of drug-likeness (QED) is 0.209. The van der Waals surface area contributed by atoms with Crippen LogP contribution in [-0.4, -0.2) is 41.5 Å². The van der Waals surface area contributed by atoms with Crippen molar-refractivity contribution in [3.8, 4) is 11.5 Å². The van der Waals surface area contributed by atoms with E-state index in [-0.39, 0.29) is 11.3 Å². The predicted molar refractivity (Wildman–Crippen MR) is 145 cm³/mol. The van der Waals surface area contributed by atoms with E-state index >= 15 is 0 Å². The van der Waals surface area contributed by atoms with Gasteiger partial charge in [-0.25, -0.2) is 0 Å². The van der Waals surface area contributed by atoms with Crippen molar-refractivity contribution in [2.24, 2.45) is 0 Å². The first kappa shape index (κ1) is 27.0. The number of rotatable bonds is 13. The highest BCUT2D eigenvalue weighted by Crippen LogP contribution is 2.42. The van der Waals surface area contributed by atoms with E-state index in [1.807, 2.05) is 43.3 Å². The number of hydrogen-bond acceptors (Lipinski definition) is 6. The Morgan fingerprint density at radius 2 is 1.79 bits per heavy atom. The van der Waals surface area contributed by atoms with Crippen molar-refractivity contribution in [2.75, 3.05) is 19.8 Å². The van der Waals surface area contributed by atoms with E-state index in [0.717, 1.165) is 24.8 Å². The first-order chi connectivity index (χ1) is 18.4. The number of nitrogens with zero attached hydrogens (tertiary/aromatic N) is 1. The number of furan rings is 1. The summed E-state index contributed by atoms with van der Waals surface area (Å²) in [4.78, 5) is 28.4. The Hall–Kier alpha value is -4.00. The number of hydrogen-bond donors (Lipinski definition) is 1. The zero-order chi connectivity index (χ0) is 27.1. The summed E-state index contributed by atoms with van der Waals surface area (Å²) in [5, 5.41) is 11.0. The molecule has 3 aromatic rings. The standard InChI is InChI=1S/C31H35NO6/c1-4-6-10-19-37-24-16-14-23(20-26(24)36-5-2)28-27(29(33)25-15-13-21(3)38-25)30(34)31(35)32(28)18-17-22-11-8-7-9-12-22/h7-9,11-16,20,28,34H,4-6,10,17-19H2,1-3H3. The summed E-state index contributed by atoms with van der Waals surface area (Å²) < 4.78 is 17.4. The van der Waals surface area contributed by atoms with Gasteiger partial charge in [0, 0.05) is 6.54 Å². The molecule has 0 fully saturated rings. The Kier molecular flexibility index (Phi) is 8.89. The highest BCUT2D eigenvalue weighted by molar-refractivity contribution is 6.15. The SMILES string of the molecule is CCCCCOc1ccc(C2C(C(=O)c3ccc(C)o3)=C(O)C(=O)N2CCc2ccccc2)cc1OCC. The lowest BCUT2D eigenvalue weighted by Gasteiger charge is -2.27. The molecule has 200 valence electrons. The van der Waals surface area contributed by atoms with Gasteiger partial charge in [-0.2, -0.15) is 0 Å². The Balaban J connectivity index is 1.71. The molecule has 0 bridgehead atoms. The summed E-state index contributed by atoms with van der Waals surface area (Å²) in [5.41, 5.74) is 1.69. The van der Waals surface area contributed by atoms with E-state index < -0.39 is 23.5 Å². The van der Waals surface area contributed by atoms with Crippen LogP contribution in [0.5, 0.6) is 11.5 Å². The maximum atomic E-state index is 13.6. The van der Waals surface area contributed by atoms with Crippen molar-refractivity contribution in [2.45, 2.75) is 52.5 Å². The molecule has 2 aromatic carbocycles. The Morgan fingerprint density at radius 1 is 1.00 bits per heavy atom. The molecule has 1 amide bonds. The summed E-state index contributed by atoms with van der Waals surface area (Å²) in [5.74, 6) is 0.120. The number of aliphatic hydroxyl groups excluding tert-OH is 1. The van der Waals surface area contributed by atoms with Crippen LogP contribution in [-0.2, 0) is 11.2 Å². The van der Waals surface area contributed by atoms with Gasteiger partial charge in [-0.1, -0.05) is 56.2 Å². The molecular weight excluding hydrogens is 482 g/mol. The van der Waals surface area contributed by atoms with E-state index in [2.05, 4.69) is 6.92 Å². The molecule has 0 aliphatic carbocycles. The highest BCUT2D eigenvalue weighted by atomic mass is 16.5. The molecule has 4 rings (SSSR count). The fourth-order valence-corrected chi connectivity index (χ4v) is 4.66. The smallest absolute Gasteiger partial charge is 0.290 e. The molecule has 0 spiro atoms. The topological polar surface area (TPSA) is 89.2 Å². The van der Waals surface area contributed by atoms with E-state index in [4.69, 9.17) is 13.9 Å². The van der Waals surface area contributed by atoms with E-state index in [1.165, 1.54) is 4.90 Å². The number of benzene rings is 2. The molecule has 1 N–H and O–H groups in total. The molecule has 1 atom stereocenters. The average molecular weight is 518 g/mol. The number of aliphatic hydroxyl groups is 1. The van der Waals surface area contributed by atoms with E-state index in [9.17, 15) is 14.7 Å². The Labute approximate surface area is 223 Å². The van der Waals surface area contributed by atoms with Crippen LogP contribution < -0.4 is 9.47 Å². The second-order valence-electron chi connectivity index (χ2n) is 9.33. The van der Waals surface area contributed by atoms with E-state index in [0.29, 0.717) is 49.0 Å². The monoisotopic (exact) mass is 517 g/mol. The van der Waals surface area contributed by atoms with Gasteiger partial charge in [0.25, 0.3) is 5.91 Å². The predicted octanol–water partition coefficient (Wildman–Crippen LogP) is 6.38. The molecule has 38 heavy (non-hydrogen) atoms. The Morgan fingerprint density at radius 3 is 2.47 bits per heavy atom. The van der Waals surface area contributed by atoms with Gasteiger partial charge in [-0.05, 0) is 62.1 Å². The summed E-state index contributed by atoms with van der Waals surface area (Å²) in [6.45, 7) is 7.07. The van der Waals surface area contributed by atoms with Crippen molar-refractivity contribution in [1.82, 2.24) is 4.90 Å². The second-order valence-corrected chi connectivity index (χ2v) is 9.33. The van der Waals surface area contributed by atoms with Gasteiger partial charge in [-0.15, -0.1) is 0 Å². The van der Waals surface area contributed by atoms with Gasteiger partial charge >= 0.3 is 0 Å². The van der Waals surface area contributed by atoms with Crippen molar-refractivity contribution in [3.05, 3.63) is 94.6 Å². The lowest BCUT2D eigenvalue weighted by molar-refractivity contribution is -0.129. The highest BCUT2D eigenvalue weighted by Gasteiger charge is 2.44. The van der Waals surface area contributed by atoms with Crippen molar-refractivity contribution >= 4 is 11.7 Å². The van der Waals surface area contributed by atoms with Crippen LogP contribution in [0.25, 0.3) is 0 Å². The number of Topliss-reactive ketones (excluding diaryl/α,β-unsaturated/α-hetero) is 1. The summed E-state index contributed by atoms with van der Waals surface area (Å²) >= 11 is 0. The third kappa shape index (κ3) is 5.93. The second kappa shape index (κ2) is 12.5. The molecule has 0 saturated carbocycles.